The van der Waals surface area contributed by atoms with Gasteiger partial charge in [0, 0.05) is 24.2 Å². The summed E-state index contributed by atoms with van der Waals surface area (Å²) in [5.41, 5.74) is 8.35. The predicted molar refractivity (Wildman–Crippen MR) is 163 cm³/mol. The number of allylic oxidation sites excluding steroid dienone is 2. The molecule has 0 heterocycles. The molecule has 3 aromatic rings. The van der Waals surface area contributed by atoms with Crippen LogP contribution in [0.5, 0.6) is 5.75 Å². The van der Waals surface area contributed by atoms with E-state index in [9.17, 15) is 9.59 Å². The molecule has 1 saturated carbocycles. The van der Waals surface area contributed by atoms with Crippen molar-refractivity contribution in [1.82, 2.24) is 0 Å². The van der Waals surface area contributed by atoms with E-state index in [0.29, 0.717) is 12.2 Å². The van der Waals surface area contributed by atoms with E-state index in [2.05, 4.69) is 67.6 Å². The highest BCUT2D eigenvalue weighted by molar-refractivity contribution is 5.90. The number of benzene rings is 3. The lowest BCUT2D eigenvalue weighted by Gasteiger charge is -2.27. The molecule has 208 valence electrons. The molecule has 40 heavy (non-hydrogen) atoms. The fourth-order valence-corrected chi connectivity index (χ4v) is 6.79. The van der Waals surface area contributed by atoms with Crippen LogP contribution in [0.2, 0.25) is 0 Å². The number of ketones is 2. The zero-order valence-electron chi connectivity index (χ0n) is 24.2. The molecular weight excluding hydrogens is 492 g/mol. The first kappa shape index (κ1) is 28.1. The van der Waals surface area contributed by atoms with Crippen LogP contribution >= 0.6 is 0 Å². The number of Topliss-reactive ketones (excluding diaryl/α,β-unsaturated/α-hetero) is 2. The molecule has 0 bridgehead atoms. The van der Waals surface area contributed by atoms with E-state index < -0.39 is 0 Å². The van der Waals surface area contributed by atoms with Gasteiger partial charge in [0.2, 0.25) is 0 Å². The standard InChI is InChI=1S/C37H42O3/c1-25-15-18-29(19-16-25)32-23-34(35(24-32)36(39)30-11-5-4-6-12-30)33-14-8-13-31(37(33)40-3)20-17-27-9-7-10-28(22-27)21-26(2)38/h7-10,13-16,18-19,22,24,30,34-35H,4-6,11-12,17,20-21,23H2,1-3H3. The minimum absolute atomic E-state index is 0.0829. The maximum Gasteiger partial charge on any atom is 0.143 e. The molecule has 2 unspecified atom stereocenters. The summed E-state index contributed by atoms with van der Waals surface area (Å²) in [6.45, 7) is 3.75. The lowest BCUT2D eigenvalue weighted by molar-refractivity contribution is -0.126. The van der Waals surface area contributed by atoms with E-state index in [1.54, 1.807) is 14.0 Å². The zero-order valence-corrected chi connectivity index (χ0v) is 24.2. The summed E-state index contributed by atoms with van der Waals surface area (Å²) < 4.78 is 6.10. The van der Waals surface area contributed by atoms with Gasteiger partial charge in [0.15, 0.2) is 0 Å². The van der Waals surface area contributed by atoms with Crippen molar-refractivity contribution in [3.8, 4) is 5.75 Å². The highest BCUT2D eigenvalue weighted by Crippen LogP contribution is 2.48. The summed E-state index contributed by atoms with van der Waals surface area (Å²) in [4.78, 5) is 25.6. The predicted octanol–water partition coefficient (Wildman–Crippen LogP) is 8.26. The van der Waals surface area contributed by atoms with Crippen LogP contribution in [-0.2, 0) is 28.9 Å². The van der Waals surface area contributed by atoms with Crippen LogP contribution in [0.15, 0.2) is 72.8 Å². The Bertz CT molecular complexity index is 1370. The Hall–Kier alpha value is -3.46. The fourth-order valence-electron chi connectivity index (χ4n) is 6.79. The Kier molecular flexibility index (Phi) is 8.99. The minimum Gasteiger partial charge on any atom is -0.496 e. The summed E-state index contributed by atoms with van der Waals surface area (Å²) in [5, 5.41) is 0. The molecule has 2 aliphatic rings. The van der Waals surface area contributed by atoms with Gasteiger partial charge >= 0.3 is 0 Å². The number of hydrogen-bond donors (Lipinski definition) is 0. The Morgan fingerprint density at radius 3 is 2.33 bits per heavy atom. The molecule has 0 radical (unpaired) electrons. The van der Waals surface area contributed by atoms with E-state index in [0.717, 1.165) is 61.8 Å². The van der Waals surface area contributed by atoms with Gasteiger partial charge in [0.05, 0.1) is 7.11 Å². The average molecular weight is 535 g/mol. The highest BCUT2D eigenvalue weighted by atomic mass is 16.5. The molecule has 3 heteroatoms. The fraction of sp³-hybridized carbons (Fsp3) is 0.405. The Labute approximate surface area is 239 Å². The molecular formula is C37H42O3. The second-order valence-electron chi connectivity index (χ2n) is 11.9. The van der Waals surface area contributed by atoms with Crippen molar-refractivity contribution < 1.29 is 14.3 Å². The number of hydrogen-bond acceptors (Lipinski definition) is 3. The molecule has 3 nitrogen and oxygen atoms in total. The van der Waals surface area contributed by atoms with Crippen molar-refractivity contribution in [2.45, 2.75) is 77.6 Å². The van der Waals surface area contributed by atoms with Crippen molar-refractivity contribution >= 4 is 17.1 Å². The Morgan fingerprint density at radius 2 is 1.60 bits per heavy atom. The van der Waals surface area contributed by atoms with Gasteiger partial charge in [-0.25, -0.2) is 0 Å². The van der Waals surface area contributed by atoms with Gasteiger partial charge in [-0.05, 0) is 79.3 Å². The SMILES string of the molecule is COc1c(CCc2cccc(CC(C)=O)c2)cccc1C1CC(c2ccc(C)cc2)=CC1C(=O)C1CCCCC1. The van der Waals surface area contributed by atoms with Gasteiger partial charge in [0.25, 0.3) is 0 Å². The molecule has 0 N–H and O–H groups in total. The van der Waals surface area contributed by atoms with Gasteiger partial charge in [-0.2, -0.15) is 0 Å². The molecule has 3 aromatic carbocycles. The summed E-state index contributed by atoms with van der Waals surface area (Å²) in [7, 11) is 1.76. The molecule has 0 spiro atoms. The first-order chi connectivity index (χ1) is 19.4. The average Bonchev–Trinajstić information content (AvgIpc) is 3.41. The third-order valence-corrected chi connectivity index (χ3v) is 8.87. The van der Waals surface area contributed by atoms with E-state index in [1.165, 1.54) is 34.2 Å². The van der Waals surface area contributed by atoms with Crippen molar-refractivity contribution in [1.29, 1.82) is 0 Å². The number of carbonyl (C=O) groups is 2. The van der Waals surface area contributed by atoms with Gasteiger partial charge in [-0.1, -0.05) is 97.6 Å². The normalized spacial score (nSPS) is 19.3. The number of para-hydroxylation sites is 1. The number of carbonyl (C=O) groups excluding carboxylic acids is 2. The largest absolute Gasteiger partial charge is 0.496 e. The molecule has 5 rings (SSSR count). The summed E-state index contributed by atoms with van der Waals surface area (Å²) in [6.07, 6.45) is 10.9. The van der Waals surface area contributed by atoms with Crippen molar-refractivity contribution in [3.63, 3.8) is 0 Å². The van der Waals surface area contributed by atoms with E-state index >= 15 is 0 Å². The molecule has 1 fully saturated rings. The van der Waals surface area contributed by atoms with Crippen molar-refractivity contribution in [3.05, 3.63) is 106 Å². The smallest absolute Gasteiger partial charge is 0.143 e. The second kappa shape index (κ2) is 12.8. The van der Waals surface area contributed by atoms with Crippen LogP contribution in [0.4, 0.5) is 0 Å². The Balaban J connectivity index is 1.43. The molecule has 0 saturated heterocycles. The molecule has 2 atom stereocenters. The molecule has 0 aromatic heterocycles. The van der Waals surface area contributed by atoms with Crippen molar-refractivity contribution in [2.24, 2.45) is 11.8 Å². The lowest BCUT2D eigenvalue weighted by atomic mass is 9.76. The number of rotatable bonds is 10. The minimum atomic E-state index is -0.119. The monoisotopic (exact) mass is 534 g/mol. The van der Waals surface area contributed by atoms with Crippen LogP contribution in [0.25, 0.3) is 5.57 Å². The highest BCUT2D eigenvalue weighted by Gasteiger charge is 2.39. The molecule has 2 aliphatic carbocycles. The Morgan fingerprint density at radius 1 is 0.875 bits per heavy atom. The van der Waals surface area contributed by atoms with Gasteiger partial charge in [-0.15, -0.1) is 0 Å². The van der Waals surface area contributed by atoms with Gasteiger partial charge < -0.3 is 4.74 Å². The molecule has 0 aliphatic heterocycles. The van der Waals surface area contributed by atoms with Gasteiger partial charge in [0.1, 0.15) is 17.3 Å². The second-order valence-corrected chi connectivity index (χ2v) is 11.9. The van der Waals surface area contributed by atoms with Crippen LogP contribution in [0, 0.1) is 18.8 Å². The number of methoxy groups -OCH3 is 1. The first-order valence-corrected chi connectivity index (χ1v) is 15.0. The number of aryl methyl sites for hydroxylation is 3. The van der Waals surface area contributed by atoms with E-state index in [-0.39, 0.29) is 23.5 Å². The maximum atomic E-state index is 14.0. The van der Waals surface area contributed by atoms with Crippen molar-refractivity contribution in [2.75, 3.05) is 7.11 Å². The third kappa shape index (κ3) is 6.46. The van der Waals surface area contributed by atoms with Gasteiger partial charge in [-0.3, -0.25) is 9.59 Å². The third-order valence-electron chi connectivity index (χ3n) is 8.87. The topological polar surface area (TPSA) is 43.4 Å². The maximum absolute atomic E-state index is 14.0. The first-order valence-electron chi connectivity index (χ1n) is 15.0. The van der Waals surface area contributed by atoms with Crippen LogP contribution in [-0.4, -0.2) is 18.7 Å². The van der Waals surface area contributed by atoms with Crippen LogP contribution in [0.3, 0.4) is 0 Å². The van der Waals surface area contributed by atoms with Crippen LogP contribution < -0.4 is 4.74 Å². The lowest BCUT2D eigenvalue weighted by Crippen LogP contribution is -2.27. The quantitative estimate of drug-likeness (QED) is 0.263. The molecule has 0 amide bonds. The summed E-state index contributed by atoms with van der Waals surface area (Å²) >= 11 is 0. The zero-order chi connectivity index (χ0) is 28.1. The summed E-state index contributed by atoms with van der Waals surface area (Å²) in [6, 6.07) is 23.5. The van der Waals surface area contributed by atoms with E-state index in [4.69, 9.17) is 4.74 Å². The van der Waals surface area contributed by atoms with Crippen LogP contribution in [0.1, 0.15) is 84.7 Å². The number of ether oxygens (including phenoxy) is 1. The summed E-state index contributed by atoms with van der Waals surface area (Å²) in [5.74, 6) is 1.66. The van der Waals surface area contributed by atoms with E-state index in [1.807, 2.05) is 12.1 Å².